The van der Waals surface area contributed by atoms with E-state index in [9.17, 15) is 9.59 Å². The summed E-state index contributed by atoms with van der Waals surface area (Å²) in [5, 5.41) is 6.99. The largest absolute Gasteiger partial charge is 0.455 e. The van der Waals surface area contributed by atoms with E-state index in [1.54, 1.807) is 18.2 Å². The number of amides is 3. The van der Waals surface area contributed by atoms with Gasteiger partial charge in [0, 0.05) is 31.2 Å². The van der Waals surface area contributed by atoms with E-state index in [4.69, 9.17) is 10.2 Å². The molecule has 0 unspecified atom stereocenters. The molecule has 1 aromatic carbocycles. The van der Waals surface area contributed by atoms with Crippen molar-refractivity contribution in [2.75, 3.05) is 19.6 Å². The first-order valence-corrected chi connectivity index (χ1v) is 8.35. The molecule has 1 fully saturated rings. The number of carbonyl (C=O) groups excluding carboxylic acids is 2. The monoisotopic (exact) mass is 355 g/mol. The molecular formula is C18H21N5O3. The Morgan fingerprint density at radius 3 is 2.92 bits per heavy atom. The van der Waals surface area contributed by atoms with Gasteiger partial charge in [0.2, 0.25) is 0 Å². The van der Waals surface area contributed by atoms with Crippen LogP contribution in [0.3, 0.4) is 0 Å². The molecule has 2 heterocycles. The summed E-state index contributed by atoms with van der Waals surface area (Å²) in [7, 11) is 0. The first-order chi connectivity index (χ1) is 12.5. The van der Waals surface area contributed by atoms with Crippen LogP contribution in [0.5, 0.6) is 0 Å². The Morgan fingerprint density at radius 2 is 2.15 bits per heavy atom. The van der Waals surface area contributed by atoms with E-state index < -0.39 is 6.03 Å². The summed E-state index contributed by atoms with van der Waals surface area (Å²) in [4.78, 5) is 25.4. The van der Waals surface area contributed by atoms with Gasteiger partial charge < -0.3 is 20.4 Å². The zero-order chi connectivity index (χ0) is 18.5. The predicted octanol–water partition coefficient (Wildman–Crippen LogP) is 1.38. The normalized spacial score (nSPS) is 17.4. The molecule has 1 aliphatic heterocycles. The Kier molecular flexibility index (Phi) is 5.33. The van der Waals surface area contributed by atoms with Crippen LogP contribution < -0.4 is 16.5 Å². The summed E-state index contributed by atoms with van der Waals surface area (Å²) in [6.45, 7) is 4.18. The van der Waals surface area contributed by atoms with E-state index in [1.165, 1.54) is 6.21 Å². The van der Waals surface area contributed by atoms with E-state index in [2.05, 4.69) is 22.8 Å². The Labute approximate surface area is 151 Å². The molecule has 0 bridgehead atoms. The lowest BCUT2D eigenvalue weighted by atomic mass is 10.0. The van der Waals surface area contributed by atoms with Crippen molar-refractivity contribution >= 4 is 18.2 Å². The highest BCUT2D eigenvalue weighted by molar-refractivity contribution is 6.00. The zero-order valence-electron chi connectivity index (χ0n) is 14.4. The van der Waals surface area contributed by atoms with Gasteiger partial charge in [0.25, 0.3) is 5.91 Å². The Balaban J connectivity index is 1.83. The van der Waals surface area contributed by atoms with Crippen LogP contribution in [0.25, 0.3) is 11.3 Å². The number of rotatable bonds is 4. The molecular weight excluding hydrogens is 334 g/mol. The van der Waals surface area contributed by atoms with Crippen LogP contribution in [0.2, 0.25) is 0 Å². The second kappa shape index (κ2) is 7.83. The lowest BCUT2D eigenvalue weighted by Gasteiger charge is -2.32. The van der Waals surface area contributed by atoms with Crippen LogP contribution >= 0.6 is 0 Å². The molecule has 0 radical (unpaired) electrons. The quantitative estimate of drug-likeness (QED) is 0.568. The fourth-order valence-corrected chi connectivity index (χ4v) is 2.90. The second-order valence-electron chi connectivity index (χ2n) is 6.09. The molecule has 1 aromatic heterocycles. The third kappa shape index (κ3) is 4.09. The van der Waals surface area contributed by atoms with Crippen molar-refractivity contribution in [3.63, 3.8) is 0 Å². The van der Waals surface area contributed by atoms with Crippen LogP contribution in [0.4, 0.5) is 4.79 Å². The van der Waals surface area contributed by atoms with Crippen molar-refractivity contribution in [3.05, 3.63) is 47.7 Å². The summed E-state index contributed by atoms with van der Waals surface area (Å²) >= 11 is 0. The maximum Gasteiger partial charge on any atom is 0.332 e. The van der Waals surface area contributed by atoms with Gasteiger partial charge in [-0.3, -0.25) is 4.79 Å². The molecule has 0 aliphatic carbocycles. The van der Waals surface area contributed by atoms with Gasteiger partial charge in [0.15, 0.2) is 0 Å². The van der Waals surface area contributed by atoms with Crippen molar-refractivity contribution in [1.29, 1.82) is 0 Å². The molecule has 8 nitrogen and oxygen atoms in total. The summed E-state index contributed by atoms with van der Waals surface area (Å²) in [6, 6.07) is 10.3. The number of hydrazone groups is 1. The van der Waals surface area contributed by atoms with Crippen molar-refractivity contribution in [1.82, 2.24) is 15.6 Å². The minimum absolute atomic E-state index is 0.0176. The fourth-order valence-electron chi connectivity index (χ4n) is 2.90. The molecule has 2 aromatic rings. The molecule has 1 atom stereocenters. The highest BCUT2D eigenvalue weighted by atomic mass is 16.3. The number of urea groups is 1. The summed E-state index contributed by atoms with van der Waals surface area (Å²) in [5.41, 5.74) is 8.35. The summed E-state index contributed by atoms with van der Waals surface area (Å²) < 4.78 is 5.73. The van der Waals surface area contributed by atoms with Crippen molar-refractivity contribution in [2.24, 2.45) is 10.8 Å². The van der Waals surface area contributed by atoms with Gasteiger partial charge in [-0.05, 0) is 25.1 Å². The van der Waals surface area contributed by atoms with E-state index >= 15 is 0 Å². The molecule has 136 valence electrons. The van der Waals surface area contributed by atoms with Gasteiger partial charge in [0.1, 0.15) is 11.5 Å². The first kappa shape index (κ1) is 17.7. The smallest absolute Gasteiger partial charge is 0.332 e. The number of hydrogen-bond acceptors (Lipinski definition) is 5. The van der Waals surface area contributed by atoms with Gasteiger partial charge in [0.05, 0.1) is 11.8 Å². The van der Waals surface area contributed by atoms with E-state index in [1.807, 2.05) is 23.1 Å². The lowest BCUT2D eigenvalue weighted by molar-refractivity contribution is 0.0709. The predicted molar refractivity (Wildman–Crippen MR) is 97.8 cm³/mol. The van der Waals surface area contributed by atoms with Crippen LogP contribution in [0, 0.1) is 0 Å². The molecule has 4 N–H and O–H groups in total. The lowest BCUT2D eigenvalue weighted by Crippen LogP contribution is -2.51. The van der Waals surface area contributed by atoms with E-state index in [0.29, 0.717) is 35.7 Å². The Morgan fingerprint density at radius 1 is 1.35 bits per heavy atom. The second-order valence-corrected chi connectivity index (χ2v) is 6.09. The van der Waals surface area contributed by atoms with Gasteiger partial charge in [-0.1, -0.05) is 18.2 Å². The van der Waals surface area contributed by atoms with Crippen LogP contribution in [-0.4, -0.2) is 48.7 Å². The fraction of sp³-hybridized carbons (Fsp3) is 0.278. The van der Waals surface area contributed by atoms with E-state index in [0.717, 1.165) is 6.54 Å². The number of furan rings is 1. The molecule has 3 amide bonds. The highest BCUT2D eigenvalue weighted by Crippen LogP contribution is 2.26. The van der Waals surface area contributed by atoms with Gasteiger partial charge in [-0.2, -0.15) is 5.10 Å². The van der Waals surface area contributed by atoms with Crippen molar-refractivity contribution in [3.8, 4) is 11.3 Å². The minimum atomic E-state index is -0.755. The molecule has 3 rings (SSSR count). The maximum absolute atomic E-state index is 13.0. The molecule has 1 aliphatic rings. The Bertz CT molecular complexity index is 830. The number of hydrogen-bond donors (Lipinski definition) is 3. The number of nitrogens with two attached hydrogens (primary N) is 1. The third-order valence-electron chi connectivity index (χ3n) is 4.07. The minimum Gasteiger partial charge on any atom is -0.455 e. The molecule has 8 heteroatoms. The maximum atomic E-state index is 13.0. The number of primary amides is 1. The van der Waals surface area contributed by atoms with Crippen LogP contribution in [0.1, 0.15) is 23.0 Å². The molecule has 1 saturated heterocycles. The van der Waals surface area contributed by atoms with Crippen LogP contribution in [0.15, 0.2) is 45.9 Å². The molecule has 0 spiro atoms. The summed E-state index contributed by atoms with van der Waals surface area (Å²) in [5.74, 6) is 0.973. The average molecular weight is 355 g/mol. The first-order valence-electron chi connectivity index (χ1n) is 8.35. The number of carbonyl (C=O) groups is 2. The Hall–Kier alpha value is -3.13. The van der Waals surface area contributed by atoms with Gasteiger partial charge >= 0.3 is 6.03 Å². The van der Waals surface area contributed by atoms with Crippen LogP contribution in [-0.2, 0) is 0 Å². The van der Waals surface area contributed by atoms with Gasteiger partial charge in [-0.25, -0.2) is 10.2 Å². The molecule has 0 saturated carbocycles. The molecule has 26 heavy (non-hydrogen) atoms. The highest BCUT2D eigenvalue weighted by Gasteiger charge is 2.24. The number of piperazine rings is 1. The standard InChI is InChI=1S/C18H21N5O3/c1-12-11-23(9-8-20-12)17(24)15-5-3-2-4-14(15)16-7-6-13(26-16)10-21-22-18(19)25/h2-7,10,12,20H,8-9,11H2,1H3,(H3,19,22,25)/b21-10+/t12-/m1/s1. The summed E-state index contributed by atoms with van der Waals surface area (Å²) in [6.07, 6.45) is 1.34. The zero-order valence-corrected chi connectivity index (χ0v) is 14.4. The topological polar surface area (TPSA) is 113 Å². The van der Waals surface area contributed by atoms with Crippen molar-refractivity contribution < 1.29 is 14.0 Å². The van der Waals surface area contributed by atoms with E-state index in [-0.39, 0.29) is 11.9 Å². The number of nitrogens with one attached hydrogen (secondary N) is 2. The third-order valence-corrected chi connectivity index (χ3v) is 4.07. The number of benzene rings is 1. The van der Waals surface area contributed by atoms with Gasteiger partial charge in [-0.15, -0.1) is 0 Å². The number of nitrogens with zero attached hydrogens (tertiary/aromatic N) is 2. The van der Waals surface area contributed by atoms with Crippen molar-refractivity contribution in [2.45, 2.75) is 13.0 Å². The average Bonchev–Trinajstić information content (AvgIpc) is 3.09. The SMILES string of the molecule is C[C@@H]1CN(C(=O)c2ccccc2-c2ccc(/C=N/NC(N)=O)o2)CCN1.